The number of nitrogens with zero attached hydrogens (tertiary/aromatic N) is 3. The van der Waals surface area contributed by atoms with Crippen molar-refractivity contribution in [3.63, 3.8) is 0 Å². The smallest absolute Gasteiger partial charge is 0.329 e. The minimum Gasteiger partial charge on any atom is -0.341 e. The van der Waals surface area contributed by atoms with Gasteiger partial charge >= 0.3 is 5.69 Å². The third-order valence-corrected chi connectivity index (χ3v) is 4.51. The second-order valence-electron chi connectivity index (χ2n) is 5.83. The monoisotopic (exact) mass is 302 g/mol. The average molecular weight is 302 g/mol. The number of imidazole rings is 1. The Bertz CT molecular complexity index is 746. The van der Waals surface area contributed by atoms with Crippen molar-refractivity contribution in [2.24, 2.45) is 11.7 Å². The van der Waals surface area contributed by atoms with Crippen LogP contribution in [0, 0.1) is 5.92 Å². The van der Waals surface area contributed by atoms with E-state index in [0.29, 0.717) is 25.6 Å². The molecule has 6 nitrogen and oxygen atoms in total. The molecule has 1 aromatic carbocycles. The summed E-state index contributed by atoms with van der Waals surface area (Å²) in [6, 6.07) is 7.61. The Morgan fingerprint density at radius 1 is 1.27 bits per heavy atom. The molecule has 0 saturated carbocycles. The summed E-state index contributed by atoms with van der Waals surface area (Å²) in [6.45, 7) is 4.69. The van der Waals surface area contributed by atoms with E-state index in [2.05, 4.69) is 0 Å². The van der Waals surface area contributed by atoms with Crippen LogP contribution < -0.4 is 11.4 Å². The molecule has 2 N–H and O–H groups in total. The topological polar surface area (TPSA) is 73.3 Å². The molecule has 0 aliphatic carbocycles. The molecule has 22 heavy (non-hydrogen) atoms. The van der Waals surface area contributed by atoms with Gasteiger partial charge in [0.2, 0.25) is 5.91 Å². The van der Waals surface area contributed by atoms with Crippen LogP contribution >= 0.6 is 0 Å². The number of amides is 1. The SMILES string of the molecule is CCn1c(=O)n(CC(=O)N2CCC(CN)C2)c2ccccc21. The minimum atomic E-state index is -0.119. The van der Waals surface area contributed by atoms with Crippen molar-refractivity contribution in [2.45, 2.75) is 26.4 Å². The number of hydrogen-bond acceptors (Lipinski definition) is 3. The third kappa shape index (κ3) is 2.43. The van der Waals surface area contributed by atoms with Gasteiger partial charge in [-0.25, -0.2) is 4.79 Å². The summed E-state index contributed by atoms with van der Waals surface area (Å²) in [6.07, 6.45) is 0.952. The van der Waals surface area contributed by atoms with Crippen molar-refractivity contribution < 1.29 is 4.79 Å². The molecule has 0 bridgehead atoms. The number of rotatable bonds is 4. The molecule has 0 spiro atoms. The van der Waals surface area contributed by atoms with Crippen LogP contribution in [0.15, 0.2) is 29.1 Å². The molecule has 1 aromatic heterocycles. The van der Waals surface area contributed by atoms with Crippen LogP contribution in [-0.2, 0) is 17.9 Å². The summed E-state index contributed by atoms with van der Waals surface area (Å²) < 4.78 is 3.28. The molecule has 0 radical (unpaired) electrons. The summed E-state index contributed by atoms with van der Waals surface area (Å²) >= 11 is 0. The zero-order valence-electron chi connectivity index (χ0n) is 12.9. The first kappa shape index (κ1) is 14.8. The fourth-order valence-electron chi connectivity index (χ4n) is 3.22. The molecule has 1 atom stereocenters. The van der Waals surface area contributed by atoms with E-state index in [1.165, 1.54) is 0 Å². The van der Waals surface area contributed by atoms with E-state index in [0.717, 1.165) is 24.0 Å². The first-order valence-electron chi connectivity index (χ1n) is 7.81. The maximum atomic E-state index is 12.5. The molecule has 1 aliphatic rings. The molecule has 118 valence electrons. The van der Waals surface area contributed by atoms with Gasteiger partial charge in [-0.15, -0.1) is 0 Å². The lowest BCUT2D eigenvalue weighted by molar-refractivity contribution is -0.130. The van der Waals surface area contributed by atoms with Gasteiger partial charge in [0.25, 0.3) is 0 Å². The summed E-state index contributed by atoms with van der Waals surface area (Å²) in [7, 11) is 0. The van der Waals surface area contributed by atoms with Crippen LogP contribution in [0.5, 0.6) is 0 Å². The third-order valence-electron chi connectivity index (χ3n) is 4.51. The number of fused-ring (bicyclic) bond motifs is 1. The molecule has 2 aromatic rings. The van der Waals surface area contributed by atoms with E-state index >= 15 is 0 Å². The number of benzene rings is 1. The van der Waals surface area contributed by atoms with E-state index in [1.807, 2.05) is 36.1 Å². The first-order chi connectivity index (χ1) is 10.7. The van der Waals surface area contributed by atoms with Gasteiger partial charge in [0.15, 0.2) is 0 Å². The van der Waals surface area contributed by atoms with Gasteiger partial charge in [-0.3, -0.25) is 13.9 Å². The van der Waals surface area contributed by atoms with Crippen molar-refractivity contribution in [2.75, 3.05) is 19.6 Å². The van der Waals surface area contributed by atoms with E-state index in [1.54, 1.807) is 9.13 Å². The second-order valence-corrected chi connectivity index (χ2v) is 5.83. The zero-order chi connectivity index (χ0) is 15.7. The first-order valence-corrected chi connectivity index (χ1v) is 7.81. The Balaban J connectivity index is 1.90. The zero-order valence-corrected chi connectivity index (χ0v) is 12.9. The molecule has 2 heterocycles. The molecule has 1 saturated heterocycles. The Morgan fingerprint density at radius 3 is 2.55 bits per heavy atom. The molecule has 1 aliphatic heterocycles. The lowest BCUT2D eigenvalue weighted by Gasteiger charge is -2.16. The van der Waals surface area contributed by atoms with Gasteiger partial charge in [0.05, 0.1) is 11.0 Å². The minimum absolute atomic E-state index is 0.00273. The number of aromatic nitrogens is 2. The number of carbonyl (C=O) groups excluding carboxylic acids is 1. The van der Waals surface area contributed by atoms with Gasteiger partial charge < -0.3 is 10.6 Å². The van der Waals surface area contributed by atoms with Gasteiger partial charge in [-0.1, -0.05) is 12.1 Å². The lowest BCUT2D eigenvalue weighted by atomic mass is 10.1. The van der Waals surface area contributed by atoms with Crippen LogP contribution in [0.2, 0.25) is 0 Å². The average Bonchev–Trinajstić information content (AvgIpc) is 3.11. The normalized spacial score (nSPS) is 18.3. The molecule has 1 amide bonds. The Hall–Kier alpha value is -2.08. The van der Waals surface area contributed by atoms with Gasteiger partial charge in [-0.2, -0.15) is 0 Å². The molecule has 6 heteroatoms. The van der Waals surface area contributed by atoms with Crippen molar-refractivity contribution in [3.05, 3.63) is 34.7 Å². The molecule has 1 unspecified atom stereocenters. The number of nitrogens with two attached hydrogens (primary N) is 1. The van der Waals surface area contributed by atoms with Crippen LogP contribution in [0.3, 0.4) is 0 Å². The van der Waals surface area contributed by atoms with Gasteiger partial charge in [0, 0.05) is 19.6 Å². The number of hydrogen-bond donors (Lipinski definition) is 1. The van der Waals surface area contributed by atoms with E-state index < -0.39 is 0 Å². The highest BCUT2D eigenvalue weighted by molar-refractivity contribution is 5.81. The highest BCUT2D eigenvalue weighted by Gasteiger charge is 2.26. The fraction of sp³-hybridized carbons (Fsp3) is 0.500. The number of para-hydroxylation sites is 2. The Morgan fingerprint density at radius 2 is 1.95 bits per heavy atom. The fourth-order valence-corrected chi connectivity index (χ4v) is 3.22. The number of likely N-dealkylation sites (tertiary alicyclic amines) is 1. The van der Waals surface area contributed by atoms with Crippen molar-refractivity contribution >= 4 is 16.9 Å². The highest BCUT2D eigenvalue weighted by Crippen LogP contribution is 2.17. The Kier molecular flexibility index (Phi) is 4.02. The van der Waals surface area contributed by atoms with Crippen molar-refractivity contribution in [1.82, 2.24) is 14.0 Å². The van der Waals surface area contributed by atoms with Gasteiger partial charge in [-0.05, 0) is 37.9 Å². The summed E-state index contributed by atoms with van der Waals surface area (Å²) in [5, 5.41) is 0. The maximum absolute atomic E-state index is 12.5. The number of aryl methyl sites for hydroxylation is 1. The largest absolute Gasteiger partial charge is 0.341 e. The predicted molar refractivity (Wildman–Crippen MR) is 85.6 cm³/mol. The molecular formula is C16H22N4O2. The summed E-state index contributed by atoms with van der Waals surface area (Å²) in [5.41, 5.74) is 7.25. The van der Waals surface area contributed by atoms with Gasteiger partial charge in [0.1, 0.15) is 6.54 Å². The van der Waals surface area contributed by atoms with Crippen molar-refractivity contribution in [1.29, 1.82) is 0 Å². The molecule has 1 fully saturated rings. The number of carbonyl (C=O) groups is 1. The molecular weight excluding hydrogens is 280 g/mol. The quantitative estimate of drug-likeness (QED) is 0.900. The van der Waals surface area contributed by atoms with Crippen LogP contribution in [-0.4, -0.2) is 39.6 Å². The standard InChI is InChI=1S/C16H22N4O2/c1-2-19-13-5-3-4-6-14(13)20(16(19)22)11-15(21)18-8-7-12(9-17)10-18/h3-6,12H,2,7-11,17H2,1H3. The van der Waals surface area contributed by atoms with Crippen molar-refractivity contribution in [3.8, 4) is 0 Å². The van der Waals surface area contributed by atoms with E-state index in [-0.39, 0.29) is 18.1 Å². The van der Waals surface area contributed by atoms with Crippen LogP contribution in [0.25, 0.3) is 11.0 Å². The predicted octanol–water partition coefficient (Wildman–Crippen LogP) is 0.630. The lowest BCUT2D eigenvalue weighted by Crippen LogP contribution is -2.36. The van der Waals surface area contributed by atoms with Crippen LogP contribution in [0.4, 0.5) is 0 Å². The van der Waals surface area contributed by atoms with Crippen LogP contribution in [0.1, 0.15) is 13.3 Å². The molecule has 3 rings (SSSR count). The summed E-state index contributed by atoms with van der Waals surface area (Å²) in [5.74, 6) is 0.384. The maximum Gasteiger partial charge on any atom is 0.329 e. The Labute approximate surface area is 129 Å². The van der Waals surface area contributed by atoms with E-state index in [9.17, 15) is 9.59 Å². The highest BCUT2D eigenvalue weighted by atomic mass is 16.2. The van der Waals surface area contributed by atoms with E-state index in [4.69, 9.17) is 5.73 Å². The summed E-state index contributed by atoms with van der Waals surface area (Å²) in [4.78, 5) is 26.8. The second kappa shape index (κ2) is 5.96.